The van der Waals surface area contributed by atoms with Crippen LogP contribution in [0, 0.1) is 11.6 Å². The third-order valence-electron chi connectivity index (χ3n) is 7.29. The summed E-state index contributed by atoms with van der Waals surface area (Å²) in [7, 11) is 1.58. The molecule has 50 heavy (non-hydrogen) atoms. The van der Waals surface area contributed by atoms with Gasteiger partial charge in [-0.3, -0.25) is 0 Å². The molecule has 4 rings (SSSR count). The van der Waals surface area contributed by atoms with Gasteiger partial charge in [-0.25, -0.2) is 36.3 Å². The summed E-state index contributed by atoms with van der Waals surface area (Å²) in [4.78, 5) is 22.7. The van der Waals surface area contributed by atoms with E-state index in [2.05, 4.69) is 15.3 Å². The lowest BCUT2D eigenvalue weighted by molar-refractivity contribution is 0.0303. The molecule has 0 spiro atoms. The molecule has 0 unspecified atom stereocenters. The van der Waals surface area contributed by atoms with Crippen molar-refractivity contribution in [1.29, 1.82) is 0 Å². The first kappa shape index (κ1) is 37.9. The Morgan fingerprint density at radius 1 is 0.940 bits per heavy atom. The summed E-state index contributed by atoms with van der Waals surface area (Å²) in [5.41, 5.74) is 1.07. The number of hydrogen-bond donors (Lipinski definition) is 1. The van der Waals surface area contributed by atoms with Crippen molar-refractivity contribution in [2.75, 3.05) is 55.9 Å². The minimum atomic E-state index is -4.74. The smallest absolute Gasteiger partial charge is 0.410 e. The molecule has 268 valence electrons. The second-order valence-electron chi connectivity index (χ2n) is 12.1. The van der Waals surface area contributed by atoms with Gasteiger partial charge in [-0.1, -0.05) is 23.7 Å². The van der Waals surface area contributed by atoms with Gasteiger partial charge in [0.2, 0.25) is 5.95 Å². The van der Waals surface area contributed by atoms with Crippen LogP contribution in [-0.2, 0) is 21.3 Å². The van der Waals surface area contributed by atoms with E-state index in [4.69, 9.17) is 25.8 Å². The summed E-state index contributed by atoms with van der Waals surface area (Å²) < 4.78 is 74.7. The van der Waals surface area contributed by atoms with Crippen molar-refractivity contribution in [3.63, 3.8) is 0 Å². The number of aromatic nitrogens is 2. The highest BCUT2D eigenvalue weighted by atomic mass is 35.5. The Kier molecular flexibility index (Phi) is 12.0. The largest absolute Gasteiger partial charge is 0.497 e. The van der Waals surface area contributed by atoms with E-state index in [0.717, 1.165) is 28.8 Å². The van der Waals surface area contributed by atoms with Crippen molar-refractivity contribution in [2.45, 2.75) is 37.8 Å². The molecule has 0 atom stereocenters. The molecule has 0 aliphatic heterocycles. The molecule has 0 saturated heterocycles. The second kappa shape index (κ2) is 15.8. The molecule has 1 N–H and O–H groups in total. The minimum Gasteiger partial charge on any atom is -0.497 e. The predicted octanol–water partition coefficient (Wildman–Crippen LogP) is 6.87. The zero-order valence-corrected chi connectivity index (χ0v) is 30.3. The number of halogens is 3. The number of rotatable bonds is 13. The van der Waals surface area contributed by atoms with Crippen molar-refractivity contribution in [1.82, 2.24) is 14.9 Å². The molecule has 12 nitrogen and oxygen atoms in total. The van der Waals surface area contributed by atoms with E-state index in [1.54, 1.807) is 58.2 Å². The number of nitrogens with zero attached hydrogens (tertiary/aromatic N) is 5. The quantitative estimate of drug-likeness (QED) is 0.156. The molecular weight excluding hydrogens is 694 g/mol. The first-order valence-corrected chi connectivity index (χ1v) is 17.1. The maximum atomic E-state index is 15.9. The summed E-state index contributed by atoms with van der Waals surface area (Å²) in [5, 5.41) is 2.99. The molecule has 0 fully saturated rings. The molecule has 4 aromatic rings. The Morgan fingerprint density at radius 2 is 1.62 bits per heavy atom. The molecule has 0 radical (unpaired) electrons. The molecular formula is C34H39ClF2N6O6S. The number of sulfonamides is 1. The van der Waals surface area contributed by atoms with Gasteiger partial charge in [0, 0.05) is 44.9 Å². The van der Waals surface area contributed by atoms with Gasteiger partial charge in [0.1, 0.15) is 27.8 Å². The van der Waals surface area contributed by atoms with Crippen molar-refractivity contribution >= 4 is 50.7 Å². The topological polar surface area (TPSA) is 126 Å². The minimum absolute atomic E-state index is 0.0937. The van der Waals surface area contributed by atoms with Crippen LogP contribution in [0.4, 0.5) is 36.6 Å². The number of amides is 1. The fourth-order valence-corrected chi connectivity index (χ4v) is 6.39. The Morgan fingerprint density at radius 3 is 2.26 bits per heavy atom. The molecule has 1 amide bonds. The molecule has 0 bridgehead atoms. The lowest BCUT2D eigenvalue weighted by Crippen LogP contribution is -2.38. The lowest BCUT2D eigenvalue weighted by atomic mass is 10.2. The van der Waals surface area contributed by atoms with Gasteiger partial charge >= 0.3 is 6.09 Å². The number of para-hydroxylation sites is 2. The first-order valence-electron chi connectivity index (χ1n) is 15.3. The number of methoxy groups -OCH3 is 2. The highest BCUT2D eigenvalue weighted by Crippen LogP contribution is 2.36. The molecule has 1 aromatic heterocycles. The standard InChI is InChI=1S/C34H39ClF2N6O6S/c1-34(2,3)49-33(44)42(5)15-14-41(4)29-11-9-8-10-27(29)40-28-18-26(37)31(17-25(28)35)50(45,46)43(32-38-19-23(36)20-39-32)21-22-12-13-24(47-6)16-30(22)48-7/h8-13,16-20,40H,14-15,21H2,1-7H3. The fraction of sp³-hybridized carbons (Fsp3) is 0.324. The van der Waals surface area contributed by atoms with E-state index in [1.807, 2.05) is 24.1 Å². The number of hydrogen-bond acceptors (Lipinski definition) is 10. The summed E-state index contributed by atoms with van der Waals surface area (Å²) in [6.07, 6.45) is 1.15. The number of carbonyl (C=O) groups is 1. The number of nitrogens with one attached hydrogen (secondary N) is 1. The zero-order valence-electron chi connectivity index (χ0n) is 28.7. The highest BCUT2D eigenvalue weighted by molar-refractivity contribution is 7.92. The summed E-state index contributed by atoms with van der Waals surface area (Å²) in [6.45, 7) is 5.74. The van der Waals surface area contributed by atoms with Gasteiger partial charge < -0.3 is 29.3 Å². The summed E-state index contributed by atoms with van der Waals surface area (Å²) >= 11 is 6.59. The molecule has 1 heterocycles. The monoisotopic (exact) mass is 732 g/mol. The van der Waals surface area contributed by atoms with Crippen molar-refractivity contribution in [3.05, 3.63) is 89.2 Å². The van der Waals surface area contributed by atoms with Gasteiger partial charge in [-0.05, 0) is 51.1 Å². The Bertz CT molecular complexity index is 1930. The van der Waals surface area contributed by atoms with Crippen LogP contribution in [0.2, 0.25) is 5.02 Å². The Labute approximate surface area is 295 Å². The van der Waals surface area contributed by atoms with Crippen LogP contribution in [0.3, 0.4) is 0 Å². The molecule has 16 heteroatoms. The third kappa shape index (κ3) is 9.21. The van der Waals surface area contributed by atoms with E-state index >= 15 is 4.39 Å². The van der Waals surface area contributed by atoms with Crippen LogP contribution in [0.25, 0.3) is 0 Å². The average molecular weight is 733 g/mol. The van der Waals surface area contributed by atoms with Crippen molar-refractivity contribution in [2.24, 2.45) is 0 Å². The number of ether oxygens (including phenoxy) is 3. The molecule has 0 aliphatic carbocycles. The number of anilines is 4. The normalized spacial score (nSPS) is 11.5. The van der Waals surface area contributed by atoms with E-state index in [-0.39, 0.29) is 16.5 Å². The van der Waals surface area contributed by atoms with Crippen LogP contribution >= 0.6 is 11.6 Å². The van der Waals surface area contributed by atoms with E-state index in [0.29, 0.717) is 35.8 Å². The second-order valence-corrected chi connectivity index (χ2v) is 14.4. The first-order chi connectivity index (χ1) is 23.5. The number of likely N-dealkylation sites (N-methyl/N-ethyl adjacent to an activating group) is 2. The van der Waals surface area contributed by atoms with Crippen LogP contribution in [0.1, 0.15) is 26.3 Å². The van der Waals surface area contributed by atoms with Gasteiger partial charge in [0.15, 0.2) is 5.82 Å². The van der Waals surface area contributed by atoms with Gasteiger partial charge in [0.25, 0.3) is 10.0 Å². The van der Waals surface area contributed by atoms with Crippen molar-refractivity contribution in [3.8, 4) is 11.5 Å². The Hall–Kier alpha value is -4.89. The van der Waals surface area contributed by atoms with E-state index < -0.39 is 50.7 Å². The fourth-order valence-electron chi connectivity index (χ4n) is 4.68. The van der Waals surface area contributed by atoms with Crippen LogP contribution in [-0.4, -0.2) is 76.4 Å². The SMILES string of the molecule is COc1ccc(CN(c2ncc(F)cn2)S(=O)(=O)c2cc(Cl)c(Nc3ccccc3N(C)CCN(C)C(=O)OC(C)(C)C)cc2F)c(OC)c1. The Balaban J connectivity index is 1.63. The van der Waals surface area contributed by atoms with Crippen LogP contribution in [0.5, 0.6) is 11.5 Å². The zero-order chi connectivity index (χ0) is 36.8. The van der Waals surface area contributed by atoms with Gasteiger partial charge in [-0.2, -0.15) is 0 Å². The number of benzene rings is 3. The van der Waals surface area contributed by atoms with Gasteiger partial charge in [0.05, 0.1) is 55.2 Å². The number of carbonyl (C=O) groups excluding carboxylic acids is 1. The highest BCUT2D eigenvalue weighted by Gasteiger charge is 2.32. The van der Waals surface area contributed by atoms with E-state index in [1.165, 1.54) is 19.1 Å². The lowest BCUT2D eigenvalue weighted by Gasteiger charge is -2.28. The molecule has 0 saturated carbocycles. The molecule has 0 aliphatic rings. The maximum absolute atomic E-state index is 15.9. The third-order valence-corrected chi connectivity index (χ3v) is 9.34. The van der Waals surface area contributed by atoms with Gasteiger partial charge in [-0.15, -0.1) is 0 Å². The predicted molar refractivity (Wildman–Crippen MR) is 188 cm³/mol. The average Bonchev–Trinajstić information content (AvgIpc) is 3.07. The van der Waals surface area contributed by atoms with Crippen molar-refractivity contribution < 1.29 is 36.2 Å². The maximum Gasteiger partial charge on any atom is 0.410 e. The molecule has 3 aromatic carbocycles. The van der Waals surface area contributed by atoms with Crippen LogP contribution in [0.15, 0.2) is 71.9 Å². The van der Waals surface area contributed by atoms with E-state index in [9.17, 15) is 17.6 Å². The summed E-state index contributed by atoms with van der Waals surface area (Å²) in [6, 6.07) is 13.8. The van der Waals surface area contributed by atoms with Crippen LogP contribution < -0.4 is 24.0 Å². The summed E-state index contributed by atoms with van der Waals surface area (Å²) in [5.74, 6) is -1.57.